The maximum atomic E-state index is 11.4. The summed E-state index contributed by atoms with van der Waals surface area (Å²) in [6.45, 7) is 0.612. The van der Waals surface area contributed by atoms with Gasteiger partial charge in [-0.25, -0.2) is 4.79 Å². The predicted octanol–water partition coefficient (Wildman–Crippen LogP) is 1.41. The first-order chi connectivity index (χ1) is 9.29. The zero-order valence-electron chi connectivity index (χ0n) is 10.9. The Morgan fingerprint density at radius 1 is 1.32 bits per heavy atom. The Hall–Kier alpha value is -1.75. The molecule has 1 aromatic rings. The van der Waals surface area contributed by atoms with Crippen molar-refractivity contribution in [3.8, 4) is 5.75 Å². The van der Waals surface area contributed by atoms with Crippen LogP contribution in [0.15, 0.2) is 24.3 Å². The van der Waals surface area contributed by atoms with Crippen molar-refractivity contribution >= 4 is 6.03 Å². The van der Waals surface area contributed by atoms with Gasteiger partial charge in [0.15, 0.2) is 0 Å². The fourth-order valence-corrected chi connectivity index (χ4v) is 1.84. The van der Waals surface area contributed by atoms with Gasteiger partial charge in [0.25, 0.3) is 0 Å². The molecule has 104 valence electrons. The van der Waals surface area contributed by atoms with E-state index in [2.05, 4.69) is 10.6 Å². The number of aliphatic hydroxyl groups is 1. The molecule has 2 rings (SSSR count). The highest BCUT2D eigenvalue weighted by Crippen LogP contribution is 2.27. The van der Waals surface area contributed by atoms with Crippen LogP contribution in [0.2, 0.25) is 0 Å². The average Bonchev–Trinajstić information content (AvgIpc) is 2.39. The number of nitrogens with one attached hydrogen (secondary N) is 2. The molecule has 0 saturated heterocycles. The lowest BCUT2D eigenvalue weighted by Crippen LogP contribution is -2.36. The molecule has 1 fully saturated rings. The smallest absolute Gasteiger partial charge is 0.315 e. The lowest BCUT2D eigenvalue weighted by molar-refractivity contribution is 0.119. The topological polar surface area (TPSA) is 70.6 Å². The number of rotatable bonds is 6. The average molecular weight is 264 g/mol. The zero-order valence-corrected chi connectivity index (χ0v) is 10.9. The van der Waals surface area contributed by atoms with Crippen molar-refractivity contribution in [2.75, 3.05) is 13.2 Å². The molecule has 5 nitrogen and oxygen atoms in total. The van der Waals surface area contributed by atoms with Crippen LogP contribution in [0.1, 0.15) is 24.8 Å². The fraction of sp³-hybridized carbons (Fsp3) is 0.500. The second-order valence-electron chi connectivity index (χ2n) is 4.61. The molecular weight excluding hydrogens is 244 g/mol. The number of benzene rings is 1. The van der Waals surface area contributed by atoms with Crippen LogP contribution in [0.4, 0.5) is 4.79 Å². The summed E-state index contributed by atoms with van der Waals surface area (Å²) in [7, 11) is 0. The van der Waals surface area contributed by atoms with E-state index in [0.717, 1.165) is 24.2 Å². The first-order valence-electron chi connectivity index (χ1n) is 6.66. The lowest BCUT2D eigenvalue weighted by atomic mass is 9.96. The van der Waals surface area contributed by atoms with Crippen molar-refractivity contribution in [1.29, 1.82) is 0 Å². The lowest BCUT2D eigenvalue weighted by Gasteiger charge is -2.27. The zero-order chi connectivity index (χ0) is 13.5. The van der Waals surface area contributed by atoms with Crippen molar-refractivity contribution in [3.05, 3.63) is 29.8 Å². The first-order valence-corrected chi connectivity index (χ1v) is 6.66. The third kappa shape index (κ3) is 4.13. The van der Waals surface area contributed by atoms with Gasteiger partial charge in [0.1, 0.15) is 5.75 Å². The molecule has 2 amide bonds. The number of hydrogen-bond acceptors (Lipinski definition) is 3. The third-order valence-corrected chi connectivity index (χ3v) is 3.16. The number of carbonyl (C=O) groups is 1. The van der Waals surface area contributed by atoms with Crippen molar-refractivity contribution in [2.45, 2.75) is 31.9 Å². The summed E-state index contributed by atoms with van der Waals surface area (Å²) in [5, 5.41) is 13.9. The molecule has 0 heterocycles. The normalized spacial score (nSPS) is 14.6. The number of aliphatic hydroxyl groups excluding tert-OH is 1. The molecule has 19 heavy (non-hydrogen) atoms. The standard InChI is InChI=1S/C14H20N2O3/c17-9-8-15-14(18)16-10-11-4-1-2-7-13(11)19-12-5-3-6-12/h1-2,4,7,12,17H,3,5-6,8-10H2,(H2,15,16,18). The first kappa shape index (κ1) is 13.7. The summed E-state index contributed by atoms with van der Waals surface area (Å²) < 4.78 is 5.88. The number of carbonyl (C=O) groups excluding carboxylic acids is 1. The largest absolute Gasteiger partial charge is 0.490 e. The Kier molecular flexibility index (Phi) is 5.03. The molecule has 1 aliphatic carbocycles. The van der Waals surface area contributed by atoms with Gasteiger partial charge in [0, 0.05) is 18.7 Å². The predicted molar refractivity (Wildman–Crippen MR) is 72.0 cm³/mol. The van der Waals surface area contributed by atoms with Crippen LogP contribution >= 0.6 is 0 Å². The molecule has 0 bridgehead atoms. The van der Waals surface area contributed by atoms with Crippen LogP contribution in [-0.2, 0) is 6.54 Å². The highest BCUT2D eigenvalue weighted by Gasteiger charge is 2.20. The minimum absolute atomic E-state index is 0.0607. The highest BCUT2D eigenvalue weighted by atomic mass is 16.5. The summed E-state index contributed by atoms with van der Waals surface area (Å²) in [6.07, 6.45) is 3.77. The SMILES string of the molecule is O=C(NCCO)NCc1ccccc1OC1CCC1. The Balaban J connectivity index is 1.86. The number of ether oxygens (including phenoxy) is 1. The summed E-state index contributed by atoms with van der Waals surface area (Å²) in [5.74, 6) is 0.842. The minimum atomic E-state index is -0.285. The van der Waals surface area contributed by atoms with E-state index >= 15 is 0 Å². The van der Waals surface area contributed by atoms with Gasteiger partial charge in [-0.15, -0.1) is 0 Å². The van der Waals surface area contributed by atoms with E-state index in [-0.39, 0.29) is 19.2 Å². The van der Waals surface area contributed by atoms with Crippen molar-refractivity contribution in [1.82, 2.24) is 10.6 Å². The molecule has 0 unspecified atom stereocenters. The maximum Gasteiger partial charge on any atom is 0.315 e. The summed E-state index contributed by atoms with van der Waals surface area (Å²) in [5.41, 5.74) is 0.966. The van der Waals surface area contributed by atoms with E-state index in [1.807, 2.05) is 24.3 Å². The Bertz CT molecular complexity index is 419. The van der Waals surface area contributed by atoms with Gasteiger partial charge in [-0.05, 0) is 25.3 Å². The molecule has 0 aromatic heterocycles. The van der Waals surface area contributed by atoms with Crippen LogP contribution in [0, 0.1) is 0 Å². The van der Waals surface area contributed by atoms with Crippen molar-refractivity contribution < 1.29 is 14.6 Å². The Labute approximate surface area is 113 Å². The second kappa shape index (κ2) is 6.99. The van der Waals surface area contributed by atoms with Crippen LogP contribution in [0.3, 0.4) is 0 Å². The fourth-order valence-electron chi connectivity index (χ4n) is 1.84. The van der Waals surface area contributed by atoms with Gasteiger partial charge in [-0.3, -0.25) is 0 Å². The molecule has 5 heteroatoms. The van der Waals surface area contributed by atoms with E-state index in [9.17, 15) is 4.79 Å². The highest BCUT2D eigenvalue weighted by molar-refractivity contribution is 5.73. The monoisotopic (exact) mass is 264 g/mol. The molecule has 3 N–H and O–H groups in total. The van der Waals surface area contributed by atoms with Gasteiger partial charge in [-0.1, -0.05) is 18.2 Å². The van der Waals surface area contributed by atoms with Gasteiger partial charge >= 0.3 is 6.03 Å². The van der Waals surface area contributed by atoms with Gasteiger partial charge in [-0.2, -0.15) is 0 Å². The number of hydrogen-bond donors (Lipinski definition) is 3. The van der Waals surface area contributed by atoms with Gasteiger partial charge in [0.05, 0.1) is 12.7 Å². The summed E-state index contributed by atoms with van der Waals surface area (Å²) in [4.78, 5) is 11.4. The van der Waals surface area contributed by atoms with Crippen molar-refractivity contribution in [2.24, 2.45) is 0 Å². The minimum Gasteiger partial charge on any atom is -0.490 e. The summed E-state index contributed by atoms with van der Waals surface area (Å²) >= 11 is 0. The second-order valence-corrected chi connectivity index (χ2v) is 4.61. The molecule has 1 aromatic carbocycles. The number of amides is 2. The van der Waals surface area contributed by atoms with Crippen LogP contribution < -0.4 is 15.4 Å². The number of para-hydroxylation sites is 1. The number of urea groups is 1. The Morgan fingerprint density at radius 3 is 2.79 bits per heavy atom. The molecular formula is C14H20N2O3. The van der Waals surface area contributed by atoms with Gasteiger partial charge < -0.3 is 20.5 Å². The van der Waals surface area contributed by atoms with Crippen LogP contribution in [0.25, 0.3) is 0 Å². The van der Waals surface area contributed by atoms with Gasteiger partial charge in [0.2, 0.25) is 0 Å². The Morgan fingerprint density at radius 2 is 2.11 bits per heavy atom. The van der Waals surface area contributed by atoms with Crippen LogP contribution in [0.5, 0.6) is 5.75 Å². The maximum absolute atomic E-state index is 11.4. The van der Waals surface area contributed by atoms with E-state index in [4.69, 9.17) is 9.84 Å². The molecule has 1 saturated carbocycles. The van der Waals surface area contributed by atoms with E-state index in [1.165, 1.54) is 6.42 Å². The van der Waals surface area contributed by atoms with E-state index in [0.29, 0.717) is 12.6 Å². The molecule has 0 spiro atoms. The molecule has 0 radical (unpaired) electrons. The quantitative estimate of drug-likeness (QED) is 0.727. The third-order valence-electron chi connectivity index (χ3n) is 3.16. The van der Waals surface area contributed by atoms with Crippen molar-refractivity contribution in [3.63, 3.8) is 0 Å². The van der Waals surface area contributed by atoms with Crippen LogP contribution in [-0.4, -0.2) is 30.4 Å². The molecule has 0 aliphatic heterocycles. The summed E-state index contributed by atoms with van der Waals surface area (Å²) in [6, 6.07) is 7.45. The van der Waals surface area contributed by atoms with E-state index in [1.54, 1.807) is 0 Å². The van der Waals surface area contributed by atoms with E-state index < -0.39 is 0 Å². The molecule has 1 aliphatic rings. The molecule has 0 atom stereocenters.